The standard InChI is InChI=1S/C14H22N2O/c1-3-6-10(2)14(16-15)13-9-11-7-4-5-8-12(11)17-13/h4-5,7-8,10,13-14,16H,3,6,9,15H2,1-2H3. The quantitative estimate of drug-likeness (QED) is 0.607. The van der Waals surface area contributed by atoms with E-state index in [-0.39, 0.29) is 12.1 Å². The lowest BCUT2D eigenvalue weighted by molar-refractivity contribution is 0.141. The van der Waals surface area contributed by atoms with E-state index < -0.39 is 0 Å². The molecule has 2 rings (SSSR count). The van der Waals surface area contributed by atoms with Crippen molar-refractivity contribution in [2.24, 2.45) is 11.8 Å². The van der Waals surface area contributed by atoms with Gasteiger partial charge in [-0.1, -0.05) is 38.5 Å². The Morgan fingerprint density at radius 1 is 1.47 bits per heavy atom. The van der Waals surface area contributed by atoms with Crippen molar-refractivity contribution in [2.75, 3.05) is 0 Å². The zero-order valence-electron chi connectivity index (χ0n) is 10.6. The molecule has 0 saturated carbocycles. The fraction of sp³-hybridized carbons (Fsp3) is 0.571. The number of hydrogen-bond donors (Lipinski definition) is 2. The Hall–Kier alpha value is -1.06. The molecular weight excluding hydrogens is 212 g/mol. The first-order chi connectivity index (χ1) is 8.26. The van der Waals surface area contributed by atoms with Crippen LogP contribution in [0.1, 0.15) is 32.3 Å². The van der Waals surface area contributed by atoms with Crippen molar-refractivity contribution in [1.82, 2.24) is 5.43 Å². The SMILES string of the molecule is CCCC(C)C(NN)C1Cc2ccccc2O1. The summed E-state index contributed by atoms with van der Waals surface area (Å²) in [5.41, 5.74) is 4.23. The first-order valence-electron chi connectivity index (χ1n) is 6.47. The van der Waals surface area contributed by atoms with Crippen LogP contribution < -0.4 is 16.0 Å². The van der Waals surface area contributed by atoms with Crippen LogP contribution >= 0.6 is 0 Å². The van der Waals surface area contributed by atoms with E-state index in [1.165, 1.54) is 18.4 Å². The molecule has 17 heavy (non-hydrogen) atoms. The first-order valence-corrected chi connectivity index (χ1v) is 6.47. The van der Waals surface area contributed by atoms with Crippen LogP contribution in [0.3, 0.4) is 0 Å². The van der Waals surface area contributed by atoms with Gasteiger partial charge >= 0.3 is 0 Å². The number of fused-ring (bicyclic) bond motifs is 1. The van der Waals surface area contributed by atoms with E-state index in [4.69, 9.17) is 10.6 Å². The second kappa shape index (κ2) is 5.52. The number of para-hydroxylation sites is 1. The van der Waals surface area contributed by atoms with Gasteiger partial charge in [-0.3, -0.25) is 11.3 Å². The molecule has 0 saturated heterocycles. The second-order valence-corrected chi connectivity index (χ2v) is 4.93. The Kier molecular flexibility index (Phi) is 4.02. The number of nitrogens with one attached hydrogen (secondary N) is 1. The number of benzene rings is 1. The Bertz CT molecular complexity index is 342. The molecule has 3 heteroatoms. The van der Waals surface area contributed by atoms with Gasteiger partial charge < -0.3 is 4.74 Å². The van der Waals surface area contributed by atoms with Gasteiger partial charge in [-0.25, -0.2) is 0 Å². The molecule has 0 amide bonds. The molecule has 94 valence electrons. The lowest BCUT2D eigenvalue weighted by Crippen LogP contribution is -2.50. The number of rotatable bonds is 5. The lowest BCUT2D eigenvalue weighted by Gasteiger charge is -2.28. The summed E-state index contributed by atoms with van der Waals surface area (Å²) in [4.78, 5) is 0. The minimum absolute atomic E-state index is 0.166. The fourth-order valence-electron chi connectivity index (χ4n) is 2.68. The van der Waals surface area contributed by atoms with Crippen molar-refractivity contribution in [3.63, 3.8) is 0 Å². The summed E-state index contributed by atoms with van der Waals surface area (Å²) in [6.45, 7) is 4.44. The van der Waals surface area contributed by atoms with E-state index in [9.17, 15) is 0 Å². The molecule has 0 aromatic heterocycles. The highest BCUT2D eigenvalue weighted by atomic mass is 16.5. The van der Waals surface area contributed by atoms with Gasteiger partial charge in [0, 0.05) is 6.42 Å². The minimum atomic E-state index is 0.166. The molecule has 3 N–H and O–H groups in total. The number of ether oxygens (including phenoxy) is 1. The summed E-state index contributed by atoms with van der Waals surface area (Å²) in [5, 5.41) is 0. The van der Waals surface area contributed by atoms with E-state index >= 15 is 0 Å². The van der Waals surface area contributed by atoms with Crippen LogP contribution in [0.2, 0.25) is 0 Å². The number of hydrazine groups is 1. The van der Waals surface area contributed by atoms with Crippen LogP contribution in [0.4, 0.5) is 0 Å². The molecule has 3 nitrogen and oxygen atoms in total. The van der Waals surface area contributed by atoms with Gasteiger partial charge in [0.2, 0.25) is 0 Å². The average molecular weight is 234 g/mol. The van der Waals surface area contributed by atoms with Crippen LogP contribution in [0.25, 0.3) is 0 Å². The van der Waals surface area contributed by atoms with Gasteiger partial charge in [-0.15, -0.1) is 0 Å². The van der Waals surface area contributed by atoms with E-state index in [0.29, 0.717) is 5.92 Å². The highest BCUT2D eigenvalue weighted by Crippen LogP contribution is 2.31. The van der Waals surface area contributed by atoms with Crippen molar-refractivity contribution in [3.05, 3.63) is 29.8 Å². The molecule has 1 aliphatic rings. The van der Waals surface area contributed by atoms with E-state index in [0.717, 1.165) is 12.2 Å². The molecule has 3 unspecified atom stereocenters. The normalized spacial score (nSPS) is 21.7. The van der Waals surface area contributed by atoms with Crippen LogP contribution in [-0.4, -0.2) is 12.1 Å². The van der Waals surface area contributed by atoms with Gasteiger partial charge in [0.15, 0.2) is 0 Å². The predicted molar refractivity (Wildman–Crippen MR) is 69.7 cm³/mol. The molecule has 0 fully saturated rings. The smallest absolute Gasteiger partial charge is 0.123 e. The molecule has 0 aliphatic carbocycles. The summed E-state index contributed by atoms with van der Waals surface area (Å²) in [5.74, 6) is 7.24. The maximum absolute atomic E-state index is 5.98. The Labute approximate surface area is 103 Å². The Morgan fingerprint density at radius 3 is 2.88 bits per heavy atom. The van der Waals surface area contributed by atoms with Crippen molar-refractivity contribution < 1.29 is 4.74 Å². The van der Waals surface area contributed by atoms with Crippen LogP contribution in [0.15, 0.2) is 24.3 Å². The Morgan fingerprint density at radius 2 is 2.24 bits per heavy atom. The van der Waals surface area contributed by atoms with Gasteiger partial charge in [-0.2, -0.15) is 0 Å². The molecule has 0 bridgehead atoms. The topological polar surface area (TPSA) is 47.3 Å². The van der Waals surface area contributed by atoms with E-state index in [1.54, 1.807) is 0 Å². The van der Waals surface area contributed by atoms with Gasteiger partial charge in [0.05, 0.1) is 6.04 Å². The molecule has 3 atom stereocenters. The van der Waals surface area contributed by atoms with Crippen molar-refractivity contribution in [3.8, 4) is 5.75 Å². The molecule has 1 aromatic rings. The zero-order chi connectivity index (χ0) is 12.3. The molecule has 0 spiro atoms. The van der Waals surface area contributed by atoms with Crippen molar-refractivity contribution in [2.45, 2.75) is 45.3 Å². The highest BCUT2D eigenvalue weighted by Gasteiger charge is 2.32. The van der Waals surface area contributed by atoms with E-state index in [1.807, 2.05) is 12.1 Å². The fourth-order valence-corrected chi connectivity index (χ4v) is 2.68. The second-order valence-electron chi connectivity index (χ2n) is 4.93. The minimum Gasteiger partial charge on any atom is -0.488 e. The monoisotopic (exact) mass is 234 g/mol. The summed E-state index contributed by atoms with van der Waals surface area (Å²) >= 11 is 0. The molecule has 0 radical (unpaired) electrons. The average Bonchev–Trinajstić information content (AvgIpc) is 2.73. The highest BCUT2D eigenvalue weighted by molar-refractivity contribution is 5.37. The van der Waals surface area contributed by atoms with Gasteiger partial charge in [-0.05, 0) is 24.0 Å². The lowest BCUT2D eigenvalue weighted by atomic mass is 9.91. The summed E-state index contributed by atoms with van der Waals surface area (Å²) in [7, 11) is 0. The molecule has 1 aromatic carbocycles. The first kappa shape index (κ1) is 12.4. The van der Waals surface area contributed by atoms with Crippen LogP contribution in [0.5, 0.6) is 5.75 Å². The summed E-state index contributed by atoms with van der Waals surface area (Å²) in [6.07, 6.45) is 3.47. The van der Waals surface area contributed by atoms with Crippen LogP contribution in [0, 0.1) is 5.92 Å². The maximum Gasteiger partial charge on any atom is 0.123 e. The number of hydrogen-bond acceptors (Lipinski definition) is 3. The third kappa shape index (κ3) is 2.61. The predicted octanol–water partition coefficient (Wildman–Crippen LogP) is 2.26. The molecular formula is C14H22N2O. The summed E-state index contributed by atoms with van der Waals surface area (Å²) in [6, 6.07) is 8.47. The molecule has 1 heterocycles. The Balaban J connectivity index is 2.05. The van der Waals surface area contributed by atoms with Gasteiger partial charge in [0.25, 0.3) is 0 Å². The number of nitrogens with two attached hydrogens (primary N) is 1. The van der Waals surface area contributed by atoms with Crippen molar-refractivity contribution in [1.29, 1.82) is 0 Å². The maximum atomic E-state index is 5.98. The van der Waals surface area contributed by atoms with Crippen LogP contribution in [-0.2, 0) is 6.42 Å². The third-order valence-corrected chi connectivity index (χ3v) is 3.62. The zero-order valence-corrected chi connectivity index (χ0v) is 10.6. The van der Waals surface area contributed by atoms with E-state index in [2.05, 4.69) is 31.4 Å². The molecule has 1 aliphatic heterocycles. The van der Waals surface area contributed by atoms with Crippen molar-refractivity contribution >= 4 is 0 Å². The largest absolute Gasteiger partial charge is 0.488 e. The summed E-state index contributed by atoms with van der Waals surface area (Å²) < 4.78 is 5.98. The third-order valence-electron chi connectivity index (χ3n) is 3.62. The van der Waals surface area contributed by atoms with Gasteiger partial charge in [0.1, 0.15) is 11.9 Å².